The third kappa shape index (κ3) is 2.57. The molecule has 0 bridgehead atoms. The number of aryl methyl sites for hydroxylation is 1. The molecule has 18 heavy (non-hydrogen) atoms. The van der Waals surface area contributed by atoms with Crippen LogP contribution in [0.2, 0.25) is 0 Å². The van der Waals surface area contributed by atoms with Crippen molar-refractivity contribution >= 4 is 5.91 Å². The van der Waals surface area contributed by atoms with Gasteiger partial charge < -0.3 is 9.42 Å². The van der Waals surface area contributed by atoms with E-state index in [1.54, 1.807) is 6.07 Å². The molecule has 0 radical (unpaired) electrons. The van der Waals surface area contributed by atoms with E-state index in [0.717, 1.165) is 31.4 Å². The molecule has 1 aromatic heterocycles. The Bertz CT molecular complexity index is 404. The predicted molar refractivity (Wildman–Crippen MR) is 69.4 cm³/mol. The summed E-state index contributed by atoms with van der Waals surface area (Å²) in [6, 6.07) is 2.39. The Morgan fingerprint density at radius 3 is 2.72 bits per heavy atom. The van der Waals surface area contributed by atoms with Gasteiger partial charge in [-0.05, 0) is 39.5 Å². The summed E-state index contributed by atoms with van der Waals surface area (Å²) < 4.78 is 5.19. The number of carbonyl (C=O) groups excluding carboxylic acids is 1. The van der Waals surface area contributed by atoms with Crippen molar-refractivity contribution in [2.45, 2.75) is 65.0 Å². The van der Waals surface area contributed by atoms with Gasteiger partial charge in [0.25, 0.3) is 5.91 Å². The van der Waals surface area contributed by atoms with Gasteiger partial charge in [-0.2, -0.15) is 0 Å². The number of aromatic nitrogens is 1. The maximum Gasteiger partial charge on any atom is 0.276 e. The van der Waals surface area contributed by atoms with Crippen molar-refractivity contribution in [3.63, 3.8) is 0 Å². The van der Waals surface area contributed by atoms with E-state index in [2.05, 4.69) is 25.9 Å². The van der Waals surface area contributed by atoms with Crippen LogP contribution in [0.15, 0.2) is 10.6 Å². The highest BCUT2D eigenvalue weighted by atomic mass is 16.5. The second-order valence-corrected chi connectivity index (χ2v) is 5.27. The SMILES string of the molecule is CCCc1cc(C(=O)N2[C@H](C)CCC[C@H]2C)no1. The van der Waals surface area contributed by atoms with Gasteiger partial charge >= 0.3 is 0 Å². The van der Waals surface area contributed by atoms with Crippen molar-refractivity contribution < 1.29 is 9.32 Å². The fraction of sp³-hybridized carbons (Fsp3) is 0.714. The molecule has 1 saturated heterocycles. The second-order valence-electron chi connectivity index (χ2n) is 5.27. The summed E-state index contributed by atoms with van der Waals surface area (Å²) in [6.45, 7) is 6.31. The standard InChI is InChI=1S/C14H22N2O2/c1-4-6-12-9-13(15-18-12)14(17)16-10(2)7-5-8-11(16)3/h9-11H,4-8H2,1-3H3/t10-,11-/m1/s1. The van der Waals surface area contributed by atoms with Crippen LogP contribution in [0, 0.1) is 0 Å². The molecule has 0 spiro atoms. The summed E-state index contributed by atoms with van der Waals surface area (Å²) in [4.78, 5) is 14.4. The van der Waals surface area contributed by atoms with E-state index < -0.39 is 0 Å². The van der Waals surface area contributed by atoms with Crippen molar-refractivity contribution in [1.82, 2.24) is 10.1 Å². The van der Waals surface area contributed by atoms with Gasteiger partial charge in [-0.25, -0.2) is 0 Å². The number of nitrogens with zero attached hydrogens (tertiary/aromatic N) is 2. The fourth-order valence-electron chi connectivity index (χ4n) is 2.73. The van der Waals surface area contributed by atoms with E-state index in [9.17, 15) is 4.79 Å². The fourth-order valence-corrected chi connectivity index (χ4v) is 2.73. The molecule has 0 aromatic carbocycles. The second kappa shape index (κ2) is 5.55. The van der Waals surface area contributed by atoms with E-state index >= 15 is 0 Å². The molecule has 4 heteroatoms. The number of hydrogen-bond donors (Lipinski definition) is 0. The van der Waals surface area contributed by atoms with Crippen LogP contribution in [0.1, 0.15) is 62.7 Å². The third-order valence-electron chi connectivity index (χ3n) is 3.70. The summed E-state index contributed by atoms with van der Waals surface area (Å²) in [5.41, 5.74) is 0.457. The Morgan fingerprint density at radius 1 is 1.44 bits per heavy atom. The smallest absolute Gasteiger partial charge is 0.276 e. The monoisotopic (exact) mass is 250 g/mol. The molecule has 1 aliphatic rings. The quantitative estimate of drug-likeness (QED) is 0.828. The molecule has 1 fully saturated rings. The molecule has 2 atom stereocenters. The van der Waals surface area contributed by atoms with E-state index in [1.165, 1.54) is 6.42 Å². The minimum absolute atomic E-state index is 0.0146. The normalized spacial score (nSPS) is 24.3. The summed E-state index contributed by atoms with van der Waals surface area (Å²) >= 11 is 0. The van der Waals surface area contributed by atoms with Gasteiger partial charge in [0.05, 0.1) is 0 Å². The maximum absolute atomic E-state index is 12.4. The number of carbonyl (C=O) groups is 1. The van der Waals surface area contributed by atoms with E-state index in [4.69, 9.17) is 4.52 Å². The summed E-state index contributed by atoms with van der Waals surface area (Å²) in [5.74, 6) is 0.818. The first-order valence-electron chi connectivity index (χ1n) is 6.91. The molecule has 4 nitrogen and oxygen atoms in total. The largest absolute Gasteiger partial charge is 0.361 e. The van der Waals surface area contributed by atoms with Crippen molar-refractivity contribution in [1.29, 1.82) is 0 Å². The lowest BCUT2D eigenvalue weighted by Gasteiger charge is -2.38. The van der Waals surface area contributed by atoms with Crippen LogP contribution < -0.4 is 0 Å². The van der Waals surface area contributed by atoms with E-state index in [0.29, 0.717) is 17.8 Å². The van der Waals surface area contributed by atoms with Gasteiger partial charge in [0.15, 0.2) is 5.69 Å². The minimum atomic E-state index is 0.0146. The zero-order valence-corrected chi connectivity index (χ0v) is 11.5. The van der Waals surface area contributed by atoms with E-state index in [-0.39, 0.29) is 5.91 Å². The molecule has 2 rings (SSSR count). The molecule has 1 amide bonds. The summed E-state index contributed by atoms with van der Waals surface area (Å²) in [5, 5.41) is 3.91. The minimum Gasteiger partial charge on any atom is -0.361 e. The van der Waals surface area contributed by atoms with Gasteiger partial charge in [0, 0.05) is 24.6 Å². The Hall–Kier alpha value is -1.32. The molecule has 0 N–H and O–H groups in total. The van der Waals surface area contributed by atoms with Crippen LogP contribution in [-0.2, 0) is 6.42 Å². The van der Waals surface area contributed by atoms with Gasteiger partial charge in [-0.3, -0.25) is 4.79 Å². The molecule has 0 unspecified atom stereocenters. The van der Waals surface area contributed by atoms with Gasteiger partial charge in [0.1, 0.15) is 5.76 Å². The molecular weight excluding hydrogens is 228 g/mol. The van der Waals surface area contributed by atoms with Crippen molar-refractivity contribution in [3.8, 4) is 0 Å². The average Bonchev–Trinajstić information content (AvgIpc) is 2.78. The summed E-state index contributed by atoms with van der Waals surface area (Å²) in [7, 11) is 0. The highest BCUT2D eigenvalue weighted by Crippen LogP contribution is 2.24. The zero-order chi connectivity index (χ0) is 13.1. The highest BCUT2D eigenvalue weighted by Gasteiger charge is 2.31. The molecule has 0 aliphatic carbocycles. The lowest BCUT2D eigenvalue weighted by Crippen LogP contribution is -2.47. The van der Waals surface area contributed by atoms with Crippen molar-refractivity contribution in [2.24, 2.45) is 0 Å². The number of hydrogen-bond acceptors (Lipinski definition) is 3. The van der Waals surface area contributed by atoms with Gasteiger partial charge in [0.2, 0.25) is 0 Å². The van der Waals surface area contributed by atoms with Crippen molar-refractivity contribution in [3.05, 3.63) is 17.5 Å². The molecule has 0 saturated carbocycles. The van der Waals surface area contributed by atoms with Crippen LogP contribution in [0.25, 0.3) is 0 Å². The molecule has 1 aromatic rings. The highest BCUT2D eigenvalue weighted by molar-refractivity contribution is 5.92. The number of piperidine rings is 1. The Balaban J connectivity index is 2.13. The Labute approximate surface area is 108 Å². The molecular formula is C14H22N2O2. The maximum atomic E-state index is 12.4. The number of likely N-dealkylation sites (tertiary alicyclic amines) is 1. The Kier molecular flexibility index (Phi) is 4.04. The average molecular weight is 250 g/mol. The predicted octanol–water partition coefficient (Wildman–Crippen LogP) is 3.03. The molecule has 100 valence electrons. The first kappa shape index (κ1) is 13.1. The first-order chi connectivity index (χ1) is 8.63. The molecule has 1 aliphatic heterocycles. The van der Waals surface area contributed by atoms with Crippen LogP contribution in [0.5, 0.6) is 0 Å². The van der Waals surface area contributed by atoms with Crippen LogP contribution in [0.3, 0.4) is 0 Å². The van der Waals surface area contributed by atoms with Gasteiger partial charge in [-0.15, -0.1) is 0 Å². The topological polar surface area (TPSA) is 46.3 Å². The number of rotatable bonds is 3. The van der Waals surface area contributed by atoms with Crippen LogP contribution in [0.4, 0.5) is 0 Å². The first-order valence-corrected chi connectivity index (χ1v) is 6.91. The van der Waals surface area contributed by atoms with Crippen LogP contribution in [-0.4, -0.2) is 28.0 Å². The lowest BCUT2D eigenvalue weighted by molar-refractivity contribution is 0.0500. The zero-order valence-electron chi connectivity index (χ0n) is 11.5. The lowest BCUT2D eigenvalue weighted by atomic mass is 9.97. The summed E-state index contributed by atoms with van der Waals surface area (Å²) in [6.07, 6.45) is 5.20. The number of amides is 1. The molecule has 2 heterocycles. The Morgan fingerprint density at radius 2 is 2.11 bits per heavy atom. The van der Waals surface area contributed by atoms with Gasteiger partial charge in [-0.1, -0.05) is 12.1 Å². The van der Waals surface area contributed by atoms with Crippen molar-refractivity contribution in [2.75, 3.05) is 0 Å². The third-order valence-corrected chi connectivity index (χ3v) is 3.70. The van der Waals surface area contributed by atoms with E-state index in [1.807, 2.05) is 4.90 Å². The van der Waals surface area contributed by atoms with Crippen LogP contribution >= 0.6 is 0 Å².